The summed E-state index contributed by atoms with van der Waals surface area (Å²) in [4.78, 5) is 72.8. The molecule has 0 aromatic rings. The lowest BCUT2D eigenvalue weighted by atomic mass is 10.0. The number of carbonyl (C=O) groups is 4. The molecular formula is C76H144O17P2. The molecule has 0 heterocycles. The number of hydrogen-bond acceptors (Lipinski definition) is 15. The summed E-state index contributed by atoms with van der Waals surface area (Å²) in [5.41, 5.74) is 0. The number of aliphatic hydroxyl groups is 1. The monoisotopic (exact) mass is 1390 g/mol. The predicted molar refractivity (Wildman–Crippen MR) is 386 cm³/mol. The van der Waals surface area contributed by atoms with E-state index in [1.54, 1.807) is 0 Å². The third-order valence-electron chi connectivity index (χ3n) is 17.2. The van der Waals surface area contributed by atoms with E-state index in [1.165, 1.54) is 193 Å². The molecule has 0 fully saturated rings. The van der Waals surface area contributed by atoms with E-state index < -0.39 is 97.5 Å². The van der Waals surface area contributed by atoms with Crippen molar-refractivity contribution in [3.05, 3.63) is 24.3 Å². The van der Waals surface area contributed by atoms with Gasteiger partial charge >= 0.3 is 39.5 Å². The Labute approximate surface area is 580 Å². The van der Waals surface area contributed by atoms with Crippen LogP contribution in [0.1, 0.15) is 381 Å². The maximum atomic E-state index is 13.1. The van der Waals surface area contributed by atoms with Crippen LogP contribution >= 0.6 is 15.6 Å². The second-order valence-corrected chi connectivity index (χ2v) is 29.6. The molecule has 0 aliphatic rings. The average Bonchev–Trinajstić information content (AvgIpc) is 1.54. The van der Waals surface area contributed by atoms with Gasteiger partial charge in [0.15, 0.2) is 12.2 Å². The van der Waals surface area contributed by atoms with Gasteiger partial charge in [0.2, 0.25) is 0 Å². The van der Waals surface area contributed by atoms with Gasteiger partial charge in [0.25, 0.3) is 0 Å². The summed E-state index contributed by atoms with van der Waals surface area (Å²) in [5.74, 6) is -2.14. The number of unbranched alkanes of at least 4 members (excludes halogenated alkanes) is 46. The van der Waals surface area contributed by atoms with Crippen molar-refractivity contribution in [3.8, 4) is 0 Å². The molecule has 0 bridgehead atoms. The van der Waals surface area contributed by atoms with E-state index in [0.29, 0.717) is 25.7 Å². The Kier molecular flexibility index (Phi) is 68.2. The van der Waals surface area contributed by atoms with Crippen LogP contribution in [0.15, 0.2) is 24.3 Å². The molecule has 0 radical (unpaired) electrons. The number of esters is 4. The van der Waals surface area contributed by atoms with Gasteiger partial charge in [0.05, 0.1) is 26.4 Å². The molecule has 3 N–H and O–H groups in total. The molecule has 0 amide bonds. The largest absolute Gasteiger partial charge is 0.472 e. The van der Waals surface area contributed by atoms with E-state index >= 15 is 0 Å². The number of allylic oxidation sites excluding steroid dienone is 4. The van der Waals surface area contributed by atoms with Gasteiger partial charge in [-0.25, -0.2) is 9.13 Å². The van der Waals surface area contributed by atoms with Crippen molar-refractivity contribution in [1.29, 1.82) is 0 Å². The molecule has 0 aromatic carbocycles. The Balaban J connectivity index is 5.26. The van der Waals surface area contributed by atoms with Gasteiger partial charge in [-0.15, -0.1) is 0 Å². The van der Waals surface area contributed by atoms with Gasteiger partial charge in [-0.1, -0.05) is 328 Å². The minimum Gasteiger partial charge on any atom is -0.462 e. The zero-order valence-corrected chi connectivity index (χ0v) is 62.9. The third kappa shape index (κ3) is 69.8. The van der Waals surface area contributed by atoms with Crippen molar-refractivity contribution in [2.45, 2.75) is 399 Å². The zero-order valence-electron chi connectivity index (χ0n) is 61.1. The highest BCUT2D eigenvalue weighted by molar-refractivity contribution is 7.47. The first-order valence-electron chi connectivity index (χ1n) is 39.1. The van der Waals surface area contributed by atoms with E-state index in [4.69, 9.17) is 37.0 Å². The molecule has 0 saturated heterocycles. The highest BCUT2D eigenvalue weighted by atomic mass is 31.2. The van der Waals surface area contributed by atoms with Gasteiger partial charge in [0.1, 0.15) is 19.3 Å². The van der Waals surface area contributed by atoms with Gasteiger partial charge in [-0.2, -0.15) is 0 Å². The lowest BCUT2D eigenvalue weighted by Crippen LogP contribution is -2.30. The van der Waals surface area contributed by atoms with E-state index in [1.807, 2.05) is 0 Å². The van der Waals surface area contributed by atoms with Crippen molar-refractivity contribution in [2.75, 3.05) is 39.6 Å². The summed E-state index contributed by atoms with van der Waals surface area (Å²) < 4.78 is 68.5. The summed E-state index contributed by atoms with van der Waals surface area (Å²) >= 11 is 0. The van der Waals surface area contributed by atoms with E-state index in [0.717, 1.165) is 109 Å². The van der Waals surface area contributed by atoms with Crippen LogP contribution < -0.4 is 0 Å². The number of aliphatic hydroxyl groups excluding tert-OH is 1. The standard InChI is InChI=1S/C76H144O17P2/c1-5-9-13-17-21-25-29-31-33-34-35-37-39-43-47-51-55-59-63-76(81)93-72(67-87-74(79)61-57-53-49-45-42-38-36-32-30-26-22-18-14-10-6-2)69-91-95(84,85)89-65-70(77)64-88-94(82,83)90-68-71(92-75(80)62-58-54-50-46-41-28-24-20-16-12-8-4)66-86-73(78)60-56-52-48-44-40-27-23-19-15-11-7-3/h26,30,32,36,70-72,77H,5-25,27-29,31,33-35,37-69H2,1-4H3,(H,82,83)(H,84,85)/b30-26-,36-32-/t70-,71+,72+/m0/s1. The van der Waals surface area contributed by atoms with Gasteiger partial charge in [-0.3, -0.25) is 37.3 Å². The number of rotatable bonds is 75. The lowest BCUT2D eigenvalue weighted by Gasteiger charge is -2.21. The fraction of sp³-hybridized carbons (Fsp3) is 0.895. The predicted octanol–water partition coefficient (Wildman–Crippen LogP) is 22.2. The van der Waals surface area contributed by atoms with Crippen LogP contribution in [0, 0.1) is 0 Å². The Hall–Kier alpha value is -2.46. The molecule has 0 saturated carbocycles. The summed E-state index contributed by atoms with van der Waals surface area (Å²) in [5, 5.41) is 10.6. The number of ether oxygens (including phenoxy) is 4. The zero-order chi connectivity index (χ0) is 69.7. The molecule has 0 spiro atoms. The van der Waals surface area contributed by atoms with Crippen molar-refractivity contribution in [3.63, 3.8) is 0 Å². The number of hydrogen-bond donors (Lipinski definition) is 3. The molecule has 0 aliphatic heterocycles. The first-order valence-corrected chi connectivity index (χ1v) is 42.1. The lowest BCUT2D eigenvalue weighted by molar-refractivity contribution is -0.161. The highest BCUT2D eigenvalue weighted by Gasteiger charge is 2.30. The fourth-order valence-electron chi connectivity index (χ4n) is 11.2. The number of phosphoric acid groups is 2. The number of carbonyl (C=O) groups excluding carboxylic acids is 4. The summed E-state index contributed by atoms with van der Waals surface area (Å²) in [6.07, 6.45) is 63.1. The minimum absolute atomic E-state index is 0.102. The molecule has 2 unspecified atom stereocenters. The van der Waals surface area contributed by atoms with Gasteiger partial charge in [-0.05, 0) is 51.4 Å². The van der Waals surface area contributed by atoms with E-state index in [2.05, 4.69) is 52.0 Å². The summed E-state index contributed by atoms with van der Waals surface area (Å²) in [6.45, 7) is 4.92. The van der Waals surface area contributed by atoms with Gasteiger partial charge in [0, 0.05) is 25.7 Å². The minimum atomic E-state index is -4.96. The Bertz CT molecular complexity index is 1900. The molecule has 0 rings (SSSR count). The average molecular weight is 1390 g/mol. The van der Waals surface area contributed by atoms with Crippen molar-refractivity contribution >= 4 is 39.5 Å². The smallest absolute Gasteiger partial charge is 0.462 e. The second-order valence-electron chi connectivity index (χ2n) is 26.7. The van der Waals surface area contributed by atoms with Crippen LogP contribution in [-0.2, 0) is 65.4 Å². The molecule has 5 atom stereocenters. The van der Waals surface area contributed by atoms with Crippen LogP contribution in [-0.4, -0.2) is 96.7 Å². The SMILES string of the molecule is CCCCCC/C=C\C=C/CCCCCCCC(=O)OC[C@H](COP(=O)(O)OC[C@@H](O)COP(=O)(O)OC[C@@H](COC(=O)CCCCCCCCCCCCC)OC(=O)CCCCCCCCCCCCC)OC(=O)CCCCCCCCCCCCCCCCCCCC. The van der Waals surface area contributed by atoms with Crippen molar-refractivity contribution in [2.24, 2.45) is 0 Å². The molecule has 19 heteroatoms. The first kappa shape index (κ1) is 92.5. The number of phosphoric ester groups is 2. The summed E-state index contributed by atoms with van der Waals surface area (Å²) in [7, 11) is -9.92. The maximum absolute atomic E-state index is 13.1. The Morgan fingerprint density at radius 3 is 0.768 bits per heavy atom. The molecule has 17 nitrogen and oxygen atoms in total. The van der Waals surface area contributed by atoms with Crippen LogP contribution in [0.4, 0.5) is 0 Å². The summed E-state index contributed by atoms with van der Waals surface area (Å²) in [6, 6.07) is 0. The molecule has 0 aliphatic carbocycles. The van der Waals surface area contributed by atoms with E-state index in [9.17, 15) is 43.2 Å². The molecular weight excluding hydrogens is 1250 g/mol. The van der Waals surface area contributed by atoms with E-state index in [-0.39, 0.29) is 25.7 Å². The molecule has 95 heavy (non-hydrogen) atoms. The third-order valence-corrected chi connectivity index (χ3v) is 19.1. The molecule has 0 aromatic heterocycles. The van der Waals surface area contributed by atoms with Crippen LogP contribution in [0.25, 0.3) is 0 Å². The topological polar surface area (TPSA) is 237 Å². The van der Waals surface area contributed by atoms with Crippen molar-refractivity contribution < 1.29 is 80.2 Å². The fourth-order valence-corrected chi connectivity index (χ4v) is 12.8. The van der Waals surface area contributed by atoms with Gasteiger partial charge < -0.3 is 33.8 Å². The Morgan fingerprint density at radius 1 is 0.295 bits per heavy atom. The normalized spacial score (nSPS) is 14.1. The second kappa shape index (κ2) is 70.0. The van der Waals surface area contributed by atoms with Crippen LogP contribution in [0.3, 0.4) is 0 Å². The van der Waals surface area contributed by atoms with Crippen LogP contribution in [0.5, 0.6) is 0 Å². The first-order chi connectivity index (χ1) is 46.2. The Morgan fingerprint density at radius 2 is 0.505 bits per heavy atom. The van der Waals surface area contributed by atoms with Crippen LogP contribution in [0.2, 0.25) is 0 Å². The van der Waals surface area contributed by atoms with Crippen molar-refractivity contribution in [1.82, 2.24) is 0 Å². The maximum Gasteiger partial charge on any atom is 0.472 e. The quantitative estimate of drug-likeness (QED) is 0.0169. The molecule has 560 valence electrons. The highest BCUT2D eigenvalue weighted by Crippen LogP contribution is 2.45.